The highest BCUT2D eigenvalue weighted by Crippen LogP contribution is 2.11. The lowest BCUT2D eigenvalue weighted by molar-refractivity contribution is 0.620. The van der Waals surface area contributed by atoms with Crippen LogP contribution < -0.4 is 10.6 Å². The molecule has 0 amide bonds. The number of pyridine rings is 1. The molecule has 0 unspecified atom stereocenters. The number of benzene rings is 1. The number of para-hydroxylation sites is 1. The summed E-state index contributed by atoms with van der Waals surface area (Å²) in [5, 5.41) is 7.73. The lowest BCUT2D eigenvalue weighted by atomic mass is 10.2. The van der Waals surface area contributed by atoms with E-state index in [2.05, 4.69) is 39.9 Å². The molecule has 2 aromatic rings. The van der Waals surface area contributed by atoms with Crippen molar-refractivity contribution in [3.63, 3.8) is 0 Å². The average molecular weight is 229 g/mol. The van der Waals surface area contributed by atoms with Gasteiger partial charge in [-0.2, -0.15) is 0 Å². The Bertz CT molecular complexity index is 468. The molecule has 1 aromatic carbocycles. The van der Waals surface area contributed by atoms with Crippen molar-refractivity contribution in [1.82, 2.24) is 15.6 Å². The third-order valence-electron chi connectivity index (χ3n) is 2.74. The van der Waals surface area contributed by atoms with Gasteiger partial charge >= 0.3 is 0 Å². The molecule has 2 N–H and O–H groups in total. The lowest BCUT2D eigenvalue weighted by Crippen LogP contribution is -2.19. The van der Waals surface area contributed by atoms with Crippen molar-refractivity contribution >= 4 is 10.9 Å². The Kier molecular flexibility index (Phi) is 4.47. The molecule has 0 radical (unpaired) electrons. The average Bonchev–Trinajstić information content (AvgIpc) is 2.38. The van der Waals surface area contributed by atoms with E-state index >= 15 is 0 Å². The van der Waals surface area contributed by atoms with Crippen molar-refractivity contribution in [2.24, 2.45) is 0 Å². The number of aromatic nitrogens is 1. The van der Waals surface area contributed by atoms with Crippen LogP contribution in [0.25, 0.3) is 10.9 Å². The fourth-order valence-corrected chi connectivity index (χ4v) is 1.81. The zero-order chi connectivity index (χ0) is 11.9. The third-order valence-corrected chi connectivity index (χ3v) is 2.74. The highest BCUT2D eigenvalue weighted by molar-refractivity contribution is 5.78. The second kappa shape index (κ2) is 6.33. The van der Waals surface area contributed by atoms with Gasteiger partial charge in [0.15, 0.2) is 0 Å². The topological polar surface area (TPSA) is 37.0 Å². The number of nitrogens with one attached hydrogen (secondary N) is 2. The predicted molar refractivity (Wildman–Crippen MR) is 72.0 cm³/mol. The van der Waals surface area contributed by atoms with Gasteiger partial charge in [0.1, 0.15) is 0 Å². The highest BCUT2D eigenvalue weighted by atomic mass is 14.9. The summed E-state index contributed by atoms with van der Waals surface area (Å²) in [6.45, 7) is 2.92. The third kappa shape index (κ3) is 3.51. The van der Waals surface area contributed by atoms with Crippen molar-refractivity contribution in [1.29, 1.82) is 0 Å². The fourth-order valence-electron chi connectivity index (χ4n) is 1.81. The van der Waals surface area contributed by atoms with Crippen molar-refractivity contribution in [2.45, 2.75) is 13.0 Å². The zero-order valence-electron chi connectivity index (χ0n) is 10.2. The molecule has 0 spiro atoms. The first-order valence-electron chi connectivity index (χ1n) is 6.10. The Labute approximate surface area is 102 Å². The van der Waals surface area contributed by atoms with Crippen molar-refractivity contribution < 1.29 is 0 Å². The van der Waals surface area contributed by atoms with E-state index < -0.39 is 0 Å². The zero-order valence-corrected chi connectivity index (χ0v) is 10.2. The van der Waals surface area contributed by atoms with Crippen LogP contribution in [-0.2, 0) is 6.54 Å². The Morgan fingerprint density at radius 3 is 2.82 bits per heavy atom. The van der Waals surface area contributed by atoms with Gasteiger partial charge in [-0.25, -0.2) is 0 Å². The van der Waals surface area contributed by atoms with Crippen LogP contribution in [0.3, 0.4) is 0 Å². The van der Waals surface area contributed by atoms with E-state index in [1.165, 1.54) is 5.39 Å². The molecule has 1 aromatic heterocycles. The molecular weight excluding hydrogens is 210 g/mol. The molecule has 1 heterocycles. The van der Waals surface area contributed by atoms with Crippen LogP contribution in [0.5, 0.6) is 0 Å². The van der Waals surface area contributed by atoms with E-state index in [0.29, 0.717) is 0 Å². The summed E-state index contributed by atoms with van der Waals surface area (Å²) in [5.41, 5.74) is 2.18. The van der Waals surface area contributed by atoms with Crippen LogP contribution >= 0.6 is 0 Å². The minimum atomic E-state index is 0.842. The van der Waals surface area contributed by atoms with Crippen molar-refractivity contribution in [3.05, 3.63) is 42.1 Å². The molecule has 0 saturated heterocycles. The summed E-state index contributed by atoms with van der Waals surface area (Å²) in [7, 11) is 1.98. The van der Waals surface area contributed by atoms with Crippen LogP contribution in [0, 0.1) is 0 Å². The quantitative estimate of drug-likeness (QED) is 0.743. The van der Waals surface area contributed by atoms with Gasteiger partial charge in [0.05, 0.1) is 11.2 Å². The summed E-state index contributed by atoms with van der Waals surface area (Å²) in [6, 6.07) is 12.4. The number of hydrogen-bond donors (Lipinski definition) is 2. The number of hydrogen-bond acceptors (Lipinski definition) is 3. The first-order valence-corrected chi connectivity index (χ1v) is 6.10. The van der Waals surface area contributed by atoms with E-state index in [1.54, 1.807) is 0 Å². The van der Waals surface area contributed by atoms with Gasteiger partial charge in [0, 0.05) is 11.9 Å². The molecule has 0 bridgehead atoms. The van der Waals surface area contributed by atoms with Crippen molar-refractivity contribution in [3.8, 4) is 0 Å². The molecule has 90 valence electrons. The molecule has 17 heavy (non-hydrogen) atoms. The maximum absolute atomic E-state index is 4.61. The minimum absolute atomic E-state index is 0.842. The summed E-state index contributed by atoms with van der Waals surface area (Å²) >= 11 is 0. The molecule has 0 saturated carbocycles. The normalized spacial score (nSPS) is 10.9. The van der Waals surface area contributed by atoms with Gasteiger partial charge < -0.3 is 10.6 Å². The smallest absolute Gasteiger partial charge is 0.0705 e. The highest BCUT2D eigenvalue weighted by Gasteiger charge is 1.97. The van der Waals surface area contributed by atoms with Crippen LogP contribution in [0.2, 0.25) is 0 Å². The second-order valence-corrected chi connectivity index (χ2v) is 4.13. The Morgan fingerprint density at radius 1 is 1.06 bits per heavy atom. The minimum Gasteiger partial charge on any atom is -0.320 e. The maximum atomic E-state index is 4.61. The molecule has 2 rings (SSSR count). The Morgan fingerprint density at radius 2 is 1.94 bits per heavy atom. The van der Waals surface area contributed by atoms with Gasteiger partial charge in [-0.1, -0.05) is 24.3 Å². The van der Waals surface area contributed by atoms with Crippen LogP contribution in [0.4, 0.5) is 0 Å². The molecule has 0 atom stereocenters. The van der Waals surface area contributed by atoms with Gasteiger partial charge in [0.25, 0.3) is 0 Å². The van der Waals surface area contributed by atoms with E-state index in [4.69, 9.17) is 0 Å². The van der Waals surface area contributed by atoms with E-state index in [9.17, 15) is 0 Å². The Balaban J connectivity index is 1.90. The van der Waals surface area contributed by atoms with E-state index in [-0.39, 0.29) is 0 Å². The lowest BCUT2D eigenvalue weighted by Gasteiger charge is -2.05. The summed E-state index contributed by atoms with van der Waals surface area (Å²) in [4.78, 5) is 4.61. The second-order valence-electron chi connectivity index (χ2n) is 4.13. The first-order chi connectivity index (χ1) is 8.40. The Hall–Kier alpha value is -1.45. The van der Waals surface area contributed by atoms with Gasteiger partial charge in [0.2, 0.25) is 0 Å². The number of rotatable bonds is 6. The van der Waals surface area contributed by atoms with Gasteiger partial charge in [-0.3, -0.25) is 4.98 Å². The molecule has 0 fully saturated rings. The molecule has 3 heteroatoms. The molecular formula is C14H19N3. The molecule has 3 nitrogen and oxygen atoms in total. The van der Waals surface area contributed by atoms with Crippen LogP contribution in [-0.4, -0.2) is 25.1 Å². The van der Waals surface area contributed by atoms with Crippen molar-refractivity contribution in [2.75, 3.05) is 20.1 Å². The first kappa shape index (κ1) is 12.0. The van der Waals surface area contributed by atoms with Crippen LogP contribution in [0.15, 0.2) is 36.4 Å². The summed E-state index contributed by atoms with van der Waals surface area (Å²) in [6.07, 6.45) is 1.14. The number of nitrogens with zero attached hydrogens (tertiary/aromatic N) is 1. The summed E-state index contributed by atoms with van der Waals surface area (Å²) in [5.74, 6) is 0. The van der Waals surface area contributed by atoms with Crippen LogP contribution in [0.1, 0.15) is 12.1 Å². The molecule has 0 aliphatic rings. The summed E-state index contributed by atoms with van der Waals surface area (Å²) < 4.78 is 0. The fraction of sp³-hybridized carbons (Fsp3) is 0.357. The predicted octanol–water partition coefficient (Wildman–Crippen LogP) is 1.93. The molecule has 0 aliphatic carbocycles. The molecule has 0 aliphatic heterocycles. The van der Waals surface area contributed by atoms with E-state index in [0.717, 1.165) is 37.3 Å². The standard InChI is InChI=1S/C14H19N3/c1-15-9-4-10-16-11-13-8-7-12-5-2-3-6-14(12)17-13/h2-3,5-8,15-16H,4,9-11H2,1H3. The van der Waals surface area contributed by atoms with Gasteiger partial charge in [-0.05, 0) is 38.7 Å². The monoisotopic (exact) mass is 229 g/mol. The number of fused-ring (bicyclic) bond motifs is 1. The maximum Gasteiger partial charge on any atom is 0.0705 e. The SMILES string of the molecule is CNCCCNCc1ccc2ccccc2n1. The van der Waals surface area contributed by atoms with E-state index in [1.807, 2.05) is 19.2 Å². The largest absolute Gasteiger partial charge is 0.320 e. The van der Waals surface area contributed by atoms with Gasteiger partial charge in [-0.15, -0.1) is 0 Å².